The fourth-order valence-corrected chi connectivity index (χ4v) is 2.92. The van der Waals surface area contributed by atoms with Gasteiger partial charge in [-0.15, -0.1) is 11.3 Å². The Kier molecular flexibility index (Phi) is 5.90. The van der Waals surface area contributed by atoms with Gasteiger partial charge in [-0.25, -0.2) is 18.6 Å². The highest BCUT2D eigenvalue weighted by molar-refractivity contribution is 7.16. The zero-order valence-electron chi connectivity index (χ0n) is 14.2. The van der Waals surface area contributed by atoms with E-state index >= 15 is 0 Å². The van der Waals surface area contributed by atoms with Crippen LogP contribution in [-0.4, -0.2) is 35.9 Å². The van der Waals surface area contributed by atoms with Crippen LogP contribution in [0.4, 0.5) is 14.5 Å². The lowest BCUT2D eigenvalue weighted by Gasteiger charge is -2.08. The number of esters is 1. The van der Waals surface area contributed by atoms with Gasteiger partial charge in [0.15, 0.2) is 18.2 Å². The van der Waals surface area contributed by atoms with E-state index in [1.807, 2.05) is 0 Å². The summed E-state index contributed by atoms with van der Waals surface area (Å²) in [4.78, 5) is 39.5. The molecule has 0 radical (unpaired) electrons. The topological polar surface area (TPSA) is 97.4 Å². The number of fused-ring (bicyclic) bond motifs is 1. The molecule has 2 amide bonds. The molecule has 0 saturated carbocycles. The molecular weight excluding hydrogens is 392 g/mol. The van der Waals surface area contributed by atoms with Gasteiger partial charge in [-0.3, -0.25) is 9.59 Å². The van der Waals surface area contributed by atoms with Crippen LogP contribution in [0, 0.1) is 11.6 Å². The minimum Gasteiger partial charge on any atom is -0.452 e. The van der Waals surface area contributed by atoms with Gasteiger partial charge in [-0.1, -0.05) is 0 Å². The minimum atomic E-state index is -1.11. The number of aromatic nitrogens is 1. The predicted molar refractivity (Wildman–Crippen MR) is 97.9 cm³/mol. The van der Waals surface area contributed by atoms with E-state index in [4.69, 9.17) is 4.74 Å². The largest absolute Gasteiger partial charge is 0.452 e. The Hall–Kier alpha value is -3.40. The summed E-state index contributed by atoms with van der Waals surface area (Å²) in [6.45, 7) is -1.000. The van der Waals surface area contributed by atoms with Gasteiger partial charge in [0.05, 0.1) is 27.8 Å². The van der Waals surface area contributed by atoms with Crippen LogP contribution in [-0.2, 0) is 14.3 Å². The Balaban J connectivity index is 1.44. The molecule has 28 heavy (non-hydrogen) atoms. The molecule has 1 aromatic heterocycles. The molecule has 3 aromatic rings. The Labute approximate surface area is 161 Å². The van der Waals surface area contributed by atoms with Gasteiger partial charge in [-0.05, 0) is 30.3 Å². The van der Waals surface area contributed by atoms with Crippen molar-refractivity contribution in [2.24, 2.45) is 0 Å². The first-order valence-electron chi connectivity index (χ1n) is 7.94. The second kappa shape index (κ2) is 8.53. The van der Waals surface area contributed by atoms with E-state index in [1.54, 1.807) is 17.6 Å². The van der Waals surface area contributed by atoms with Crippen molar-refractivity contribution < 1.29 is 27.9 Å². The van der Waals surface area contributed by atoms with Gasteiger partial charge in [0, 0.05) is 11.8 Å². The van der Waals surface area contributed by atoms with Crippen molar-refractivity contribution in [3.05, 3.63) is 59.1 Å². The summed E-state index contributed by atoms with van der Waals surface area (Å²) in [6.07, 6.45) is 0. The van der Waals surface area contributed by atoms with Gasteiger partial charge in [0.2, 0.25) is 5.91 Å². The number of nitrogens with one attached hydrogen (secondary N) is 2. The lowest BCUT2D eigenvalue weighted by molar-refractivity contribution is -0.126. The van der Waals surface area contributed by atoms with E-state index in [9.17, 15) is 23.2 Å². The third-order valence-corrected chi connectivity index (χ3v) is 4.34. The van der Waals surface area contributed by atoms with Crippen molar-refractivity contribution in [2.75, 3.05) is 18.5 Å². The third kappa shape index (κ3) is 4.86. The highest BCUT2D eigenvalue weighted by Gasteiger charge is 2.13. The van der Waals surface area contributed by atoms with E-state index in [0.29, 0.717) is 0 Å². The lowest BCUT2D eigenvalue weighted by atomic mass is 10.2. The maximum atomic E-state index is 13.1. The maximum Gasteiger partial charge on any atom is 0.338 e. The number of nitrogens with zero attached hydrogens (tertiary/aromatic N) is 1. The zero-order valence-corrected chi connectivity index (χ0v) is 15.0. The number of ether oxygens (including phenoxy) is 1. The number of hydrogen-bond acceptors (Lipinski definition) is 6. The standard InChI is InChI=1S/C18H13F2N3O4S/c19-12-3-2-11(6-13(12)20)23-16(24)7-21-17(25)8-27-18(26)10-1-4-14-15(5-10)28-9-22-14/h1-6,9H,7-8H2,(H,21,25)(H,23,24). The number of thiazole rings is 1. The second-order valence-corrected chi connectivity index (χ2v) is 6.45. The van der Waals surface area contributed by atoms with Gasteiger partial charge in [-0.2, -0.15) is 0 Å². The van der Waals surface area contributed by atoms with Crippen molar-refractivity contribution in [2.45, 2.75) is 0 Å². The zero-order chi connectivity index (χ0) is 20.1. The molecule has 0 aliphatic heterocycles. The number of benzene rings is 2. The molecule has 2 aromatic carbocycles. The highest BCUT2D eigenvalue weighted by atomic mass is 32.1. The van der Waals surface area contributed by atoms with Crippen LogP contribution in [0.2, 0.25) is 0 Å². The van der Waals surface area contributed by atoms with Gasteiger partial charge in [0.1, 0.15) is 0 Å². The van der Waals surface area contributed by atoms with Crippen LogP contribution < -0.4 is 10.6 Å². The maximum absolute atomic E-state index is 13.1. The third-order valence-electron chi connectivity index (χ3n) is 3.55. The number of rotatable bonds is 6. The SMILES string of the molecule is O=C(COC(=O)c1ccc2ncsc2c1)NCC(=O)Nc1ccc(F)c(F)c1. The summed E-state index contributed by atoms with van der Waals surface area (Å²) in [7, 11) is 0. The van der Waals surface area contributed by atoms with E-state index in [2.05, 4.69) is 15.6 Å². The molecule has 0 atom stereocenters. The summed E-state index contributed by atoms with van der Waals surface area (Å²) >= 11 is 1.37. The molecule has 0 unspecified atom stereocenters. The van der Waals surface area contributed by atoms with E-state index in [0.717, 1.165) is 22.3 Å². The smallest absolute Gasteiger partial charge is 0.338 e. The molecular formula is C18H13F2N3O4S. The minimum absolute atomic E-state index is 0.0445. The summed E-state index contributed by atoms with van der Waals surface area (Å²) in [5, 5.41) is 4.55. The number of amides is 2. The number of hydrogen-bond donors (Lipinski definition) is 2. The molecule has 2 N–H and O–H groups in total. The Morgan fingerprint density at radius 2 is 1.86 bits per heavy atom. The van der Waals surface area contributed by atoms with E-state index in [1.165, 1.54) is 23.5 Å². The normalized spacial score (nSPS) is 10.5. The summed E-state index contributed by atoms with van der Waals surface area (Å²) in [6, 6.07) is 7.69. The van der Waals surface area contributed by atoms with Gasteiger partial charge in [0.25, 0.3) is 5.91 Å². The molecule has 0 fully saturated rings. The highest BCUT2D eigenvalue weighted by Crippen LogP contribution is 2.19. The predicted octanol–water partition coefficient (Wildman–Crippen LogP) is 2.49. The monoisotopic (exact) mass is 405 g/mol. The van der Waals surface area contributed by atoms with Crippen molar-refractivity contribution in [1.29, 1.82) is 0 Å². The number of carbonyl (C=O) groups is 3. The van der Waals surface area contributed by atoms with Crippen LogP contribution in [0.5, 0.6) is 0 Å². The fourth-order valence-electron chi connectivity index (χ4n) is 2.21. The van der Waals surface area contributed by atoms with Crippen LogP contribution in [0.3, 0.4) is 0 Å². The Morgan fingerprint density at radius 1 is 1.04 bits per heavy atom. The van der Waals surface area contributed by atoms with Crippen molar-refractivity contribution in [3.63, 3.8) is 0 Å². The molecule has 0 spiro atoms. The molecule has 0 bridgehead atoms. The van der Waals surface area contributed by atoms with Crippen molar-refractivity contribution in [3.8, 4) is 0 Å². The average molecular weight is 405 g/mol. The molecule has 3 rings (SSSR count). The molecule has 1 heterocycles. The summed E-state index contributed by atoms with van der Waals surface area (Å²) < 4.78 is 31.6. The molecule has 0 aliphatic rings. The molecule has 0 aliphatic carbocycles. The fraction of sp³-hybridized carbons (Fsp3) is 0.111. The summed E-state index contributed by atoms with van der Waals surface area (Å²) in [5.74, 6) is -4.17. The molecule has 0 saturated heterocycles. The lowest BCUT2D eigenvalue weighted by Crippen LogP contribution is -2.35. The van der Waals surface area contributed by atoms with Crippen LogP contribution in [0.1, 0.15) is 10.4 Å². The quantitative estimate of drug-likeness (QED) is 0.614. The second-order valence-electron chi connectivity index (χ2n) is 5.56. The van der Waals surface area contributed by atoms with Crippen LogP contribution in [0.25, 0.3) is 10.2 Å². The number of anilines is 1. The van der Waals surface area contributed by atoms with Crippen LogP contribution >= 0.6 is 11.3 Å². The van der Waals surface area contributed by atoms with Gasteiger partial charge >= 0.3 is 5.97 Å². The molecule has 7 nitrogen and oxygen atoms in total. The first-order valence-corrected chi connectivity index (χ1v) is 8.82. The Bertz CT molecular complexity index is 1050. The summed E-state index contributed by atoms with van der Waals surface area (Å²) in [5.41, 5.74) is 2.73. The van der Waals surface area contributed by atoms with Crippen molar-refractivity contribution in [1.82, 2.24) is 10.3 Å². The van der Waals surface area contributed by atoms with E-state index < -0.39 is 42.6 Å². The first-order chi connectivity index (χ1) is 13.4. The molecule has 10 heteroatoms. The van der Waals surface area contributed by atoms with E-state index in [-0.39, 0.29) is 11.3 Å². The van der Waals surface area contributed by atoms with Crippen molar-refractivity contribution >= 4 is 45.0 Å². The Morgan fingerprint density at radius 3 is 2.64 bits per heavy atom. The first kappa shape index (κ1) is 19.4. The number of halogens is 2. The van der Waals surface area contributed by atoms with Crippen LogP contribution in [0.15, 0.2) is 41.9 Å². The average Bonchev–Trinajstić information content (AvgIpc) is 3.15. The number of carbonyl (C=O) groups excluding carboxylic acids is 3. The molecule has 144 valence electrons. The van der Waals surface area contributed by atoms with Gasteiger partial charge < -0.3 is 15.4 Å².